The van der Waals surface area contributed by atoms with E-state index in [-0.39, 0.29) is 5.41 Å². The van der Waals surface area contributed by atoms with Crippen LogP contribution in [-0.2, 0) is 5.41 Å². The monoisotopic (exact) mass is 280 g/mol. The van der Waals surface area contributed by atoms with Crippen molar-refractivity contribution in [3.63, 3.8) is 0 Å². The Bertz CT molecular complexity index is 632. The van der Waals surface area contributed by atoms with Crippen molar-refractivity contribution in [1.29, 1.82) is 0 Å². The topological polar surface area (TPSA) is 24.9 Å². The second kappa shape index (κ2) is 6.13. The molecule has 0 saturated carbocycles. The minimum Gasteiger partial charge on any atom is -0.355 e. The molecule has 1 N–H and O–H groups in total. The fraction of sp³-hybridized carbons (Fsp3) is 0.316. The maximum atomic E-state index is 4.36. The van der Waals surface area contributed by atoms with E-state index < -0.39 is 0 Å². The number of aromatic nitrogens is 1. The molecule has 2 nitrogen and oxygen atoms in total. The Balaban J connectivity index is 2.29. The SMILES string of the molecule is C/C=C\c1c(Nc2ccc(C(C)(C)C)cc2)ccnc1C. The van der Waals surface area contributed by atoms with Crippen LogP contribution in [0.25, 0.3) is 6.08 Å². The van der Waals surface area contributed by atoms with Gasteiger partial charge >= 0.3 is 0 Å². The molecule has 0 aliphatic heterocycles. The zero-order valence-electron chi connectivity index (χ0n) is 13.6. The third kappa shape index (κ3) is 3.72. The summed E-state index contributed by atoms with van der Waals surface area (Å²) in [4.78, 5) is 4.36. The average Bonchev–Trinajstić information content (AvgIpc) is 2.42. The molecule has 0 radical (unpaired) electrons. The highest BCUT2D eigenvalue weighted by molar-refractivity contribution is 5.72. The third-order valence-corrected chi connectivity index (χ3v) is 3.55. The van der Waals surface area contributed by atoms with Gasteiger partial charge in [0, 0.05) is 28.8 Å². The van der Waals surface area contributed by atoms with Crippen molar-refractivity contribution in [3.05, 3.63) is 59.4 Å². The number of allylic oxidation sites excluding steroid dienone is 1. The van der Waals surface area contributed by atoms with E-state index in [0.717, 1.165) is 22.6 Å². The molecule has 1 aromatic carbocycles. The van der Waals surface area contributed by atoms with Crippen LogP contribution in [-0.4, -0.2) is 4.98 Å². The highest BCUT2D eigenvalue weighted by Crippen LogP contribution is 2.27. The number of aryl methyl sites for hydroxylation is 1. The molecule has 0 fully saturated rings. The standard InChI is InChI=1S/C19H24N2/c1-6-7-17-14(2)20-13-12-18(17)21-16-10-8-15(9-11-16)19(3,4)5/h6-13H,1-5H3,(H,20,21)/b7-6-. The summed E-state index contributed by atoms with van der Waals surface area (Å²) in [5.41, 5.74) is 5.88. The summed E-state index contributed by atoms with van der Waals surface area (Å²) in [7, 11) is 0. The Morgan fingerprint density at radius 2 is 1.71 bits per heavy atom. The van der Waals surface area contributed by atoms with Gasteiger partial charge in [-0.1, -0.05) is 45.1 Å². The molecule has 0 spiro atoms. The van der Waals surface area contributed by atoms with Crippen LogP contribution in [0.2, 0.25) is 0 Å². The quantitative estimate of drug-likeness (QED) is 0.807. The number of nitrogens with one attached hydrogen (secondary N) is 1. The maximum absolute atomic E-state index is 4.36. The molecule has 0 unspecified atom stereocenters. The lowest BCUT2D eigenvalue weighted by Crippen LogP contribution is -2.10. The van der Waals surface area contributed by atoms with Gasteiger partial charge in [0.1, 0.15) is 0 Å². The van der Waals surface area contributed by atoms with Crippen molar-refractivity contribution in [3.8, 4) is 0 Å². The molecule has 110 valence electrons. The minimum absolute atomic E-state index is 0.182. The summed E-state index contributed by atoms with van der Waals surface area (Å²) in [6, 6.07) is 10.7. The van der Waals surface area contributed by atoms with E-state index in [9.17, 15) is 0 Å². The van der Waals surface area contributed by atoms with Crippen LogP contribution in [0.15, 0.2) is 42.6 Å². The highest BCUT2D eigenvalue weighted by Gasteiger charge is 2.13. The molecule has 2 rings (SSSR count). The highest BCUT2D eigenvalue weighted by atomic mass is 14.9. The molecule has 0 aliphatic carbocycles. The summed E-state index contributed by atoms with van der Waals surface area (Å²) in [6.07, 6.45) is 5.97. The summed E-state index contributed by atoms with van der Waals surface area (Å²) in [5.74, 6) is 0. The molecule has 0 bridgehead atoms. The fourth-order valence-corrected chi connectivity index (χ4v) is 2.27. The van der Waals surface area contributed by atoms with E-state index in [4.69, 9.17) is 0 Å². The third-order valence-electron chi connectivity index (χ3n) is 3.55. The first-order valence-corrected chi connectivity index (χ1v) is 7.37. The van der Waals surface area contributed by atoms with Gasteiger partial charge in [0.2, 0.25) is 0 Å². The number of nitrogens with zero attached hydrogens (tertiary/aromatic N) is 1. The van der Waals surface area contributed by atoms with Crippen LogP contribution in [0.4, 0.5) is 11.4 Å². The molecule has 1 aromatic heterocycles. The summed E-state index contributed by atoms with van der Waals surface area (Å²) >= 11 is 0. The van der Waals surface area contributed by atoms with E-state index in [2.05, 4.69) is 61.4 Å². The minimum atomic E-state index is 0.182. The first-order chi connectivity index (χ1) is 9.91. The van der Waals surface area contributed by atoms with Gasteiger partial charge in [-0.2, -0.15) is 0 Å². The predicted molar refractivity (Wildman–Crippen MR) is 92.1 cm³/mol. The molecule has 0 amide bonds. The predicted octanol–water partition coefficient (Wildman–Crippen LogP) is 5.46. The Labute approximate surface area is 127 Å². The molecular weight excluding hydrogens is 256 g/mol. The van der Waals surface area contributed by atoms with E-state index >= 15 is 0 Å². The lowest BCUT2D eigenvalue weighted by Gasteiger charge is -2.19. The zero-order chi connectivity index (χ0) is 15.5. The maximum Gasteiger partial charge on any atom is 0.0491 e. The van der Waals surface area contributed by atoms with Crippen LogP contribution in [0.3, 0.4) is 0 Å². The van der Waals surface area contributed by atoms with Gasteiger partial charge in [-0.05, 0) is 43.0 Å². The van der Waals surface area contributed by atoms with Gasteiger partial charge in [-0.25, -0.2) is 0 Å². The van der Waals surface area contributed by atoms with Crippen LogP contribution in [0, 0.1) is 6.92 Å². The van der Waals surface area contributed by atoms with Gasteiger partial charge in [0.15, 0.2) is 0 Å². The Morgan fingerprint density at radius 3 is 2.29 bits per heavy atom. The average molecular weight is 280 g/mol. The number of hydrogen-bond acceptors (Lipinski definition) is 2. The Kier molecular flexibility index (Phi) is 4.46. The number of hydrogen-bond donors (Lipinski definition) is 1. The van der Waals surface area contributed by atoms with Gasteiger partial charge in [-0.15, -0.1) is 0 Å². The summed E-state index contributed by atoms with van der Waals surface area (Å²) < 4.78 is 0. The molecule has 0 aliphatic rings. The van der Waals surface area contributed by atoms with Crippen molar-refractivity contribution < 1.29 is 0 Å². The Hall–Kier alpha value is -2.09. The molecular formula is C19H24N2. The number of rotatable bonds is 3. The zero-order valence-corrected chi connectivity index (χ0v) is 13.6. The van der Waals surface area contributed by atoms with Crippen molar-refractivity contribution >= 4 is 17.5 Å². The van der Waals surface area contributed by atoms with Crippen molar-refractivity contribution in [2.75, 3.05) is 5.32 Å². The number of pyridine rings is 1. The molecule has 1 heterocycles. The smallest absolute Gasteiger partial charge is 0.0491 e. The van der Waals surface area contributed by atoms with Crippen molar-refractivity contribution in [2.24, 2.45) is 0 Å². The second-order valence-electron chi connectivity index (χ2n) is 6.31. The largest absolute Gasteiger partial charge is 0.355 e. The summed E-state index contributed by atoms with van der Waals surface area (Å²) in [6.45, 7) is 10.7. The molecule has 0 atom stereocenters. The molecule has 2 heteroatoms. The van der Waals surface area contributed by atoms with E-state index in [0.29, 0.717) is 0 Å². The molecule has 21 heavy (non-hydrogen) atoms. The van der Waals surface area contributed by atoms with E-state index in [1.807, 2.05) is 32.2 Å². The van der Waals surface area contributed by atoms with E-state index in [1.165, 1.54) is 5.56 Å². The normalized spacial score (nSPS) is 11.9. The van der Waals surface area contributed by atoms with E-state index in [1.54, 1.807) is 0 Å². The van der Waals surface area contributed by atoms with Gasteiger partial charge < -0.3 is 5.32 Å². The van der Waals surface area contributed by atoms with Crippen molar-refractivity contribution in [2.45, 2.75) is 40.0 Å². The fourth-order valence-electron chi connectivity index (χ4n) is 2.27. The van der Waals surface area contributed by atoms with Crippen LogP contribution in [0.5, 0.6) is 0 Å². The summed E-state index contributed by atoms with van der Waals surface area (Å²) in [5, 5.41) is 3.49. The molecule has 0 saturated heterocycles. The number of anilines is 2. The second-order valence-corrected chi connectivity index (χ2v) is 6.31. The lowest BCUT2D eigenvalue weighted by atomic mass is 9.87. The van der Waals surface area contributed by atoms with Gasteiger partial charge in [-0.3, -0.25) is 4.98 Å². The first kappa shape index (κ1) is 15.3. The number of benzene rings is 1. The van der Waals surface area contributed by atoms with Crippen LogP contribution >= 0.6 is 0 Å². The Morgan fingerprint density at radius 1 is 1.05 bits per heavy atom. The van der Waals surface area contributed by atoms with Crippen LogP contribution < -0.4 is 5.32 Å². The van der Waals surface area contributed by atoms with Gasteiger partial charge in [0.25, 0.3) is 0 Å². The van der Waals surface area contributed by atoms with Gasteiger partial charge in [0.05, 0.1) is 0 Å². The lowest BCUT2D eigenvalue weighted by molar-refractivity contribution is 0.590. The van der Waals surface area contributed by atoms with Crippen molar-refractivity contribution in [1.82, 2.24) is 4.98 Å². The molecule has 2 aromatic rings. The first-order valence-electron chi connectivity index (χ1n) is 7.37. The van der Waals surface area contributed by atoms with Crippen LogP contribution in [0.1, 0.15) is 44.5 Å².